The number of hydrogen-bond acceptors (Lipinski definition) is 4. The van der Waals surface area contributed by atoms with E-state index < -0.39 is 23.7 Å². The molecule has 0 amide bonds. The summed E-state index contributed by atoms with van der Waals surface area (Å²) in [6.07, 6.45) is 1.41. The number of hydrogen-bond donors (Lipinski definition) is 0. The van der Waals surface area contributed by atoms with Crippen LogP contribution in [0, 0.1) is 0 Å². The Morgan fingerprint density at radius 1 is 0.778 bits per heavy atom. The van der Waals surface area contributed by atoms with Gasteiger partial charge in [0.25, 0.3) is 0 Å². The number of benzene rings is 3. The molecule has 0 radical (unpaired) electrons. The Kier molecular flexibility index (Phi) is 9.28. The number of alkyl halides is 3. The predicted octanol–water partition coefficient (Wildman–Crippen LogP) is 8.22. The van der Waals surface area contributed by atoms with E-state index in [0.29, 0.717) is 11.5 Å². The molecule has 7 heteroatoms. The number of rotatable bonds is 10. The number of ether oxygens (including phenoxy) is 2. The molecule has 4 nitrogen and oxygen atoms in total. The molecular formula is C29H29F3O4. The molecule has 0 aliphatic rings. The van der Waals surface area contributed by atoms with Crippen molar-refractivity contribution in [2.75, 3.05) is 0 Å². The van der Waals surface area contributed by atoms with Crippen molar-refractivity contribution in [3.8, 4) is 11.5 Å². The zero-order valence-electron chi connectivity index (χ0n) is 20.3. The maximum atomic E-state index is 12.9. The molecule has 190 valence electrons. The molecule has 0 aliphatic carbocycles. The summed E-state index contributed by atoms with van der Waals surface area (Å²) in [5, 5.41) is 0. The normalized spacial score (nSPS) is 12.1. The standard InChI is InChI=1S/C29H29F3O4/c1-3-4-5-6-8-20(2)21-11-13-22(14-12-21)27(33)35-25-15-17-26(18-16-25)36-28(34)23-9-7-10-24(19-23)29(30,31)32/h7,9-20H,3-6,8H2,1-2H3/t20-/m1/s1. The number of unbranched alkanes of at least 4 members (excludes halogenated alkanes) is 3. The lowest BCUT2D eigenvalue weighted by molar-refractivity contribution is -0.137. The van der Waals surface area contributed by atoms with Crippen LogP contribution < -0.4 is 9.47 Å². The van der Waals surface area contributed by atoms with E-state index in [2.05, 4.69) is 13.8 Å². The number of carbonyl (C=O) groups excluding carboxylic acids is 2. The van der Waals surface area contributed by atoms with Crippen LogP contribution in [0.1, 0.15) is 83.7 Å². The van der Waals surface area contributed by atoms with Gasteiger partial charge < -0.3 is 9.47 Å². The molecule has 0 N–H and O–H groups in total. The van der Waals surface area contributed by atoms with E-state index in [9.17, 15) is 22.8 Å². The minimum Gasteiger partial charge on any atom is -0.423 e. The summed E-state index contributed by atoms with van der Waals surface area (Å²) < 4.78 is 49.1. The van der Waals surface area contributed by atoms with Crippen LogP contribution in [0.25, 0.3) is 0 Å². The highest BCUT2D eigenvalue weighted by molar-refractivity contribution is 5.92. The molecule has 0 bridgehead atoms. The van der Waals surface area contributed by atoms with Gasteiger partial charge in [-0.3, -0.25) is 0 Å². The van der Waals surface area contributed by atoms with Gasteiger partial charge in [0.2, 0.25) is 0 Å². The minimum absolute atomic E-state index is 0.106. The van der Waals surface area contributed by atoms with E-state index >= 15 is 0 Å². The molecule has 0 fully saturated rings. The Labute approximate surface area is 209 Å². The van der Waals surface area contributed by atoms with Gasteiger partial charge in [0.15, 0.2) is 0 Å². The fourth-order valence-corrected chi connectivity index (χ4v) is 3.72. The zero-order chi connectivity index (χ0) is 26.1. The molecule has 1 atom stereocenters. The van der Waals surface area contributed by atoms with Crippen molar-refractivity contribution < 1.29 is 32.2 Å². The van der Waals surface area contributed by atoms with E-state index in [1.54, 1.807) is 12.1 Å². The third kappa shape index (κ3) is 7.70. The third-order valence-electron chi connectivity index (χ3n) is 5.88. The van der Waals surface area contributed by atoms with Crippen molar-refractivity contribution in [2.45, 2.75) is 58.0 Å². The fraction of sp³-hybridized carbons (Fsp3) is 0.310. The topological polar surface area (TPSA) is 52.6 Å². The van der Waals surface area contributed by atoms with Crippen molar-refractivity contribution >= 4 is 11.9 Å². The molecule has 0 unspecified atom stereocenters. The van der Waals surface area contributed by atoms with E-state index in [-0.39, 0.29) is 17.1 Å². The summed E-state index contributed by atoms with van der Waals surface area (Å²) in [6, 6.07) is 17.0. The first kappa shape index (κ1) is 27.0. The summed E-state index contributed by atoms with van der Waals surface area (Å²) in [5.74, 6) is -0.684. The van der Waals surface area contributed by atoms with Crippen molar-refractivity contribution in [3.63, 3.8) is 0 Å². The smallest absolute Gasteiger partial charge is 0.416 e. The van der Waals surface area contributed by atoms with Gasteiger partial charge in [-0.25, -0.2) is 9.59 Å². The van der Waals surface area contributed by atoms with Crippen molar-refractivity contribution in [1.82, 2.24) is 0 Å². The first-order valence-electron chi connectivity index (χ1n) is 12.0. The van der Waals surface area contributed by atoms with Crippen LogP contribution >= 0.6 is 0 Å². The quantitative estimate of drug-likeness (QED) is 0.161. The third-order valence-corrected chi connectivity index (χ3v) is 5.88. The van der Waals surface area contributed by atoms with Gasteiger partial charge in [-0.2, -0.15) is 13.2 Å². The number of esters is 2. The molecule has 0 aliphatic heterocycles. The second-order valence-corrected chi connectivity index (χ2v) is 8.70. The summed E-state index contributed by atoms with van der Waals surface area (Å²) in [5.41, 5.74) is 0.430. The Balaban J connectivity index is 1.55. The van der Waals surface area contributed by atoms with Crippen LogP contribution in [-0.4, -0.2) is 11.9 Å². The average Bonchev–Trinajstić information content (AvgIpc) is 2.87. The zero-order valence-corrected chi connectivity index (χ0v) is 20.3. The van der Waals surface area contributed by atoms with Crippen molar-refractivity contribution in [1.29, 1.82) is 0 Å². The highest BCUT2D eigenvalue weighted by Gasteiger charge is 2.31. The van der Waals surface area contributed by atoms with Gasteiger partial charge in [0, 0.05) is 0 Å². The van der Waals surface area contributed by atoms with Crippen LogP contribution in [0.3, 0.4) is 0 Å². The lowest BCUT2D eigenvalue weighted by atomic mass is 9.94. The van der Waals surface area contributed by atoms with Crippen LogP contribution in [0.5, 0.6) is 11.5 Å². The lowest BCUT2D eigenvalue weighted by Gasteiger charge is -2.12. The van der Waals surface area contributed by atoms with Gasteiger partial charge in [-0.15, -0.1) is 0 Å². The number of halogens is 3. The molecule has 0 heterocycles. The Bertz CT molecular complexity index is 1150. The Morgan fingerprint density at radius 2 is 1.36 bits per heavy atom. The monoisotopic (exact) mass is 498 g/mol. The largest absolute Gasteiger partial charge is 0.423 e. The van der Waals surface area contributed by atoms with Crippen LogP contribution in [0.2, 0.25) is 0 Å². The summed E-state index contributed by atoms with van der Waals surface area (Å²) in [7, 11) is 0. The van der Waals surface area contributed by atoms with Crippen molar-refractivity contribution in [3.05, 3.63) is 95.1 Å². The van der Waals surface area contributed by atoms with Crippen LogP contribution in [-0.2, 0) is 6.18 Å². The van der Waals surface area contributed by atoms with Gasteiger partial charge in [-0.05, 0) is 72.5 Å². The summed E-state index contributed by atoms with van der Waals surface area (Å²) in [4.78, 5) is 24.7. The minimum atomic E-state index is -4.56. The lowest BCUT2D eigenvalue weighted by Crippen LogP contribution is -2.12. The molecule has 36 heavy (non-hydrogen) atoms. The molecular weight excluding hydrogens is 469 g/mol. The van der Waals surface area contributed by atoms with E-state index in [0.717, 1.165) is 24.6 Å². The highest BCUT2D eigenvalue weighted by atomic mass is 19.4. The second-order valence-electron chi connectivity index (χ2n) is 8.70. The Hall–Kier alpha value is -3.61. The van der Waals surface area contributed by atoms with E-state index in [1.807, 2.05) is 12.1 Å². The molecule has 0 spiro atoms. The highest BCUT2D eigenvalue weighted by Crippen LogP contribution is 2.30. The molecule has 0 saturated heterocycles. The van der Waals surface area contributed by atoms with E-state index in [4.69, 9.17) is 9.47 Å². The van der Waals surface area contributed by atoms with Gasteiger partial charge in [-0.1, -0.05) is 57.7 Å². The maximum absolute atomic E-state index is 12.9. The SMILES string of the molecule is CCCCCC[C@@H](C)c1ccc(C(=O)Oc2ccc(OC(=O)c3cccc(C(F)(F)F)c3)cc2)cc1. The average molecular weight is 499 g/mol. The van der Waals surface area contributed by atoms with Crippen molar-refractivity contribution in [2.24, 2.45) is 0 Å². The summed E-state index contributed by atoms with van der Waals surface area (Å²) in [6.45, 7) is 4.37. The molecule has 3 aromatic rings. The Morgan fingerprint density at radius 3 is 1.92 bits per heavy atom. The van der Waals surface area contributed by atoms with Crippen LogP contribution in [0.4, 0.5) is 13.2 Å². The van der Waals surface area contributed by atoms with Gasteiger partial charge in [0.05, 0.1) is 16.7 Å². The molecule has 3 aromatic carbocycles. The van der Waals surface area contributed by atoms with Gasteiger partial charge >= 0.3 is 18.1 Å². The summed E-state index contributed by atoms with van der Waals surface area (Å²) >= 11 is 0. The molecule has 3 rings (SSSR count). The van der Waals surface area contributed by atoms with E-state index in [1.165, 1.54) is 61.6 Å². The first-order chi connectivity index (χ1) is 17.2. The van der Waals surface area contributed by atoms with Crippen LogP contribution in [0.15, 0.2) is 72.8 Å². The molecule has 0 aromatic heterocycles. The van der Waals surface area contributed by atoms with Gasteiger partial charge in [0.1, 0.15) is 11.5 Å². The first-order valence-corrected chi connectivity index (χ1v) is 12.0. The molecule has 0 saturated carbocycles. The maximum Gasteiger partial charge on any atom is 0.416 e. The fourth-order valence-electron chi connectivity index (χ4n) is 3.72. The predicted molar refractivity (Wildman–Crippen MR) is 131 cm³/mol. The number of carbonyl (C=O) groups is 2. The second kappa shape index (κ2) is 12.4.